The molecule has 6 heteroatoms. The van der Waals surface area contributed by atoms with Gasteiger partial charge in [-0.2, -0.15) is 0 Å². The number of nitrogens with zero attached hydrogens (tertiary/aromatic N) is 3. The molecule has 0 aliphatic heterocycles. The first kappa shape index (κ1) is 18.5. The fraction of sp³-hybridized carbons (Fsp3) is 0.238. The molecule has 1 aromatic carbocycles. The zero-order chi connectivity index (χ0) is 19.2. The summed E-state index contributed by atoms with van der Waals surface area (Å²) in [6.45, 7) is 2.76. The number of benzene rings is 1. The van der Waals surface area contributed by atoms with Crippen molar-refractivity contribution in [2.75, 3.05) is 18.9 Å². The maximum absolute atomic E-state index is 12.6. The second kappa shape index (κ2) is 8.40. The normalized spacial score (nSPS) is 10.6. The molecule has 138 valence electrons. The first-order valence-corrected chi connectivity index (χ1v) is 8.96. The smallest absolute Gasteiger partial charge is 0.274 e. The number of anilines is 1. The third-order valence-corrected chi connectivity index (χ3v) is 4.31. The van der Waals surface area contributed by atoms with E-state index < -0.39 is 0 Å². The van der Waals surface area contributed by atoms with Gasteiger partial charge in [-0.3, -0.25) is 19.6 Å². The zero-order valence-electron chi connectivity index (χ0n) is 15.5. The fourth-order valence-corrected chi connectivity index (χ4v) is 2.80. The zero-order valence-corrected chi connectivity index (χ0v) is 15.5. The first-order valence-electron chi connectivity index (χ1n) is 8.96. The molecule has 0 bridgehead atoms. The summed E-state index contributed by atoms with van der Waals surface area (Å²) >= 11 is 0. The molecule has 1 N–H and O–H groups in total. The van der Waals surface area contributed by atoms with Crippen molar-refractivity contribution in [2.45, 2.75) is 19.8 Å². The minimum absolute atomic E-state index is 0.119. The Morgan fingerprint density at radius 2 is 1.89 bits per heavy atom. The van der Waals surface area contributed by atoms with Crippen LogP contribution in [0.3, 0.4) is 0 Å². The summed E-state index contributed by atoms with van der Waals surface area (Å²) in [6.07, 6.45) is 5.12. The number of carbonyl (C=O) groups is 2. The van der Waals surface area contributed by atoms with Gasteiger partial charge in [0.15, 0.2) is 0 Å². The predicted octanol–water partition coefficient (Wildman–Crippen LogP) is 3.75. The van der Waals surface area contributed by atoms with Crippen LogP contribution in [0.4, 0.5) is 5.69 Å². The molecule has 2 heterocycles. The third-order valence-electron chi connectivity index (χ3n) is 4.31. The number of para-hydroxylation sites is 1. The second-order valence-electron chi connectivity index (χ2n) is 6.34. The van der Waals surface area contributed by atoms with Gasteiger partial charge in [0.1, 0.15) is 5.69 Å². The maximum atomic E-state index is 12.6. The minimum atomic E-state index is -0.376. The van der Waals surface area contributed by atoms with Crippen molar-refractivity contribution in [2.24, 2.45) is 0 Å². The lowest BCUT2D eigenvalue weighted by Gasteiger charge is -2.17. The lowest BCUT2D eigenvalue weighted by Crippen LogP contribution is -2.28. The van der Waals surface area contributed by atoms with Gasteiger partial charge in [0, 0.05) is 36.9 Å². The summed E-state index contributed by atoms with van der Waals surface area (Å²) in [7, 11) is 1.76. The Morgan fingerprint density at radius 3 is 2.70 bits per heavy atom. The van der Waals surface area contributed by atoms with Crippen molar-refractivity contribution in [3.8, 4) is 0 Å². The van der Waals surface area contributed by atoms with Gasteiger partial charge in [0.2, 0.25) is 0 Å². The molecule has 0 saturated heterocycles. The number of aromatic nitrogens is 2. The quantitative estimate of drug-likeness (QED) is 0.724. The average molecular weight is 362 g/mol. The lowest BCUT2D eigenvalue weighted by atomic mass is 10.1. The summed E-state index contributed by atoms with van der Waals surface area (Å²) in [6, 6.07) is 12.5. The SMILES string of the molecule is CCCCN(C)C(=O)c1ccnc(C(=O)Nc2cccc3cccnc23)c1. The van der Waals surface area contributed by atoms with Crippen molar-refractivity contribution in [1.82, 2.24) is 14.9 Å². The molecule has 2 amide bonds. The molecule has 0 fully saturated rings. The number of hydrogen-bond donors (Lipinski definition) is 1. The van der Waals surface area contributed by atoms with Gasteiger partial charge in [0.05, 0.1) is 11.2 Å². The fourth-order valence-electron chi connectivity index (χ4n) is 2.80. The van der Waals surface area contributed by atoms with Crippen LogP contribution in [0.15, 0.2) is 54.9 Å². The predicted molar refractivity (Wildman–Crippen MR) is 106 cm³/mol. The van der Waals surface area contributed by atoms with E-state index in [4.69, 9.17) is 0 Å². The molecule has 6 nitrogen and oxygen atoms in total. The van der Waals surface area contributed by atoms with E-state index in [-0.39, 0.29) is 17.5 Å². The number of rotatable bonds is 6. The molecule has 0 radical (unpaired) electrons. The Balaban J connectivity index is 1.80. The van der Waals surface area contributed by atoms with Gasteiger partial charge in [-0.25, -0.2) is 0 Å². The Labute approximate surface area is 158 Å². The molecule has 0 unspecified atom stereocenters. The largest absolute Gasteiger partial charge is 0.342 e. The van der Waals surface area contributed by atoms with Crippen molar-refractivity contribution in [3.63, 3.8) is 0 Å². The number of fused-ring (bicyclic) bond motifs is 1. The van der Waals surface area contributed by atoms with Crippen molar-refractivity contribution >= 4 is 28.4 Å². The van der Waals surface area contributed by atoms with Crippen molar-refractivity contribution in [3.05, 3.63) is 66.1 Å². The highest BCUT2D eigenvalue weighted by Crippen LogP contribution is 2.21. The van der Waals surface area contributed by atoms with E-state index in [0.29, 0.717) is 23.3 Å². The highest BCUT2D eigenvalue weighted by Gasteiger charge is 2.15. The molecular weight excluding hydrogens is 340 g/mol. The molecule has 0 aliphatic carbocycles. The third kappa shape index (κ3) is 4.28. The number of amides is 2. The first-order chi connectivity index (χ1) is 13.1. The van der Waals surface area contributed by atoms with E-state index in [1.807, 2.05) is 24.3 Å². The molecule has 0 spiro atoms. The van der Waals surface area contributed by atoms with Crippen molar-refractivity contribution in [1.29, 1.82) is 0 Å². The van der Waals surface area contributed by atoms with Gasteiger partial charge in [-0.1, -0.05) is 31.5 Å². The number of nitrogens with one attached hydrogen (secondary N) is 1. The van der Waals surface area contributed by atoms with E-state index >= 15 is 0 Å². The van der Waals surface area contributed by atoms with Crippen LogP contribution in [-0.4, -0.2) is 40.3 Å². The van der Waals surface area contributed by atoms with Crippen LogP contribution in [0.25, 0.3) is 10.9 Å². The van der Waals surface area contributed by atoms with Gasteiger partial charge in [-0.15, -0.1) is 0 Å². The molecular formula is C21H22N4O2. The van der Waals surface area contributed by atoms with Gasteiger partial charge in [-0.05, 0) is 30.7 Å². The molecule has 0 aliphatic rings. The maximum Gasteiger partial charge on any atom is 0.274 e. The molecule has 3 aromatic rings. The molecule has 0 saturated carbocycles. The highest BCUT2D eigenvalue weighted by molar-refractivity contribution is 6.08. The molecule has 0 atom stereocenters. The Kier molecular flexibility index (Phi) is 5.76. The van der Waals surface area contributed by atoms with Crippen LogP contribution in [0.5, 0.6) is 0 Å². The van der Waals surface area contributed by atoms with E-state index in [1.54, 1.807) is 30.3 Å². The van der Waals surface area contributed by atoms with Gasteiger partial charge in [0.25, 0.3) is 11.8 Å². The Bertz CT molecular complexity index is 966. The summed E-state index contributed by atoms with van der Waals surface area (Å²) in [5.74, 6) is -0.495. The number of hydrogen-bond acceptors (Lipinski definition) is 4. The molecule has 2 aromatic heterocycles. The van der Waals surface area contributed by atoms with Gasteiger partial charge < -0.3 is 10.2 Å². The van der Waals surface area contributed by atoms with E-state index in [9.17, 15) is 9.59 Å². The minimum Gasteiger partial charge on any atom is -0.342 e. The van der Waals surface area contributed by atoms with E-state index in [2.05, 4.69) is 22.2 Å². The highest BCUT2D eigenvalue weighted by atomic mass is 16.2. The van der Waals surface area contributed by atoms with Crippen LogP contribution >= 0.6 is 0 Å². The summed E-state index contributed by atoms with van der Waals surface area (Å²) < 4.78 is 0. The monoisotopic (exact) mass is 362 g/mol. The Hall–Kier alpha value is -3.28. The molecule has 27 heavy (non-hydrogen) atoms. The van der Waals surface area contributed by atoms with Crippen LogP contribution < -0.4 is 5.32 Å². The van der Waals surface area contributed by atoms with Crippen LogP contribution in [-0.2, 0) is 0 Å². The van der Waals surface area contributed by atoms with Crippen molar-refractivity contribution < 1.29 is 9.59 Å². The topological polar surface area (TPSA) is 75.2 Å². The van der Waals surface area contributed by atoms with Crippen LogP contribution in [0.1, 0.15) is 40.6 Å². The standard InChI is InChI=1S/C21H22N4O2/c1-3-4-13-25(2)21(27)16-10-12-22-18(14-16)20(26)24-17-9-5-7-15-8-6-11-23-19(15)17/h5-12,14H,3-4,13H2,1-2H3,(H,24,26). The van der Waals surface area contributed by atoms with E-state index in [0.717, 1.165) is 18.2 Å². The summed E-state index contributed by atoms with van der Waals surface area (Å²) in [4.78, 5) is 35.3. The number of carbonyl (C=O) groups excluding carboxylic acids is 2. The van der Waals surface area contributed by atoms with Crippen LogP contribution in [0, 0.1) is 0 Å². The number of unbranched alkanes of at least 4 members (excludes halogenated alkanes) is 1. The lowest BCUT2D eigenvalue weighted by molar-refractivity contribution is 0.0793. The van der Waals surface area contributed by atoms with E-state index in [1.165, 1.54) is 12.3 Å². The summed E-state index contributed by atoms with van der Waals surface area (Å²) in [5.41, 5.74) is 1.96. The van der Waals surface area contributed by atoms with Gasteiger partial charge >= 0.3 is 0 Å². The number of pyridine rings is 2. The summed E-state index contributed by atoms with van der Waals surface area (Å²) in [5, 5.41) is 3.78. The Morgan fingerprint density at radius 1 is 1.07 bits per heavy atom. The second-order valence-corrected chi connectivity index (χ2v) is 6.34. The van der Waals surface area contributed by atoms with Crippen LogP contribution in [0.2, 0.25) is 0 Å². The molecule has 3 rings (SSSR count). The average Bonchev–Trinajstić information content (AvgIpc) is 2.71.